The summed E-state index contributed by atoms with van der Waals surface area (Å²) in [6, 6.07) is 16.6. The Morgan fingerprint density at radius 2 is 1.83 bits per heavy atom. The molecule has 1 aromatic carbocycles. The molecular weight excluding hydrogens is 320 g/mol. The molecule has 4 rings (SSSR count). The average molecular weight is 336 g/mol. The van der Waals surface area contributed by atoms with Crippen molar-refractivity contribution < 1.29 is 4.57 Å². The van der Waals surface area contributed by atoms with Crippen LogP contribution in [0.4, 0.5) is 0 Å². The number of benzene rings is 1. The number of H-pyrrole nitrogens is 1. The number of nitrogens with one attached hydrogen (secondary N) is 1. The summed E-state index contributed by atoms with van der Waals surface area (Å²) in [7, 11) is 0. The van der Waals surface area contributed by atoms with Gasteiger partial charge in [0.25, 0.3) is 0 Å². The van der Waals surface area contributed by atoms with E-state index in [0.29, 0.717) is 5.15 Å². The van der Waals surface area contributed by atoms with Crippen LogP contribution in [0.1, 0.15) is 11.1 Å². The third-order valence-electron chi connectivity index (χ3n) is 4.19. The second kappa shape index (κ2) is 6.06. The van der Waals surface area contributed by atoms with Gasteiger partial charge in [-0.25, -0.2) is 9.97 Å². The van der Waals surface area contributed by atoms with Gasteiger partial charge in [0.15, 0.2) is 12.7 Å². The van der Waals surface area contributed by atoms with E-state index in [1.165, 1.54) is 11.9 Å². The molecule has 0 aliphatic rings. The molecular formula is C19H16ClN4+. The summed E-state index contributed by atoms with van der Waals surface area (Å²) in [5.74, 6) is 0. The van der Waals surface area contributed by atoms with Crippen LogP contribution in [0, 0.1) is 6.92 Å². The van der Waals surface area contributed by atoms with Crippen LogP contribution in [-0.4, -0.2) is 15.0 Å². The topological polar surface area (TPSA) is 45.5 Å². The molecule has 0 saturated carbocycles. The monoisotopic (exact) mass is 335 g/mol. The molecule has 3 aromatic heterocycles. The van der Waals surface area contributed by atoms with E-state index in [1.807, 2.05) is 25.1 Å². The van der Waals surface area contributed by atoms with Crippen molar-refractivity contribution in [2.24, 2.45) is 0 Å². The Balaban J connectivity index is 1.86. The van der Waals surface area contributed by atoms with Crippen molar-refractivity contribution in [1.29, 1.82) is 0 Å². The fraction of sp³-hybridized carbons (Fsp3) is 0.105. The van der Waals surface area contributed by atoms with E-state index in [1.54, 1.807) is 0 Å². The smallest absolute Gasteiger partial charge is 0.229 e. The van der Waals surface area contributed by atoms with Crippen molar-refractivity contribution in [2.75, 3.05) is 0 Å². The summed E-state index contributed by atoms with van der Waals surface area (Å²) in [4.78, 5) is 11.8. The van der Waals surface area contributed by atoms with E-state index in [-0.39, 0.29) is 0 Å². The minimum absolute atomic E-state index is 0.477. The molecule has 4 aromatic rings. The van der Waals surface area contributed by atoms with Crippen LogP contribution in [0.2, 0.25) is 5.15 Å². The van der Waals surface area contributed by atoms with Crippen LogP contribution in [0.15, 0.2) is 61.1 Å². The minimum Gasteiger partial charge on any atom is -0.334 e. The Hall–Kier alpha value is -2.72. The summed E-state index contributed by atoms with van der Waals surface area (Å²) in [6.07, 6.45) is 3.56. The second-order valence-corrected chi connectivity index (χ2v) is 6.07. The molecule has 24 heavy (non-hydrogen) atoms. The number of pyridine rings is 1. The molecule has 1 N–H and O–H groups in total. The van der Waals surface area contributed by atoms with Gasteiger partial charge in [0.05, 0.1) is 5.39 Å². The van der Waals surface area contributed by atoms with Crippen LogP contribution in [0.3, 0.4) is 0 Å². The molecule has 0 amide bonds. The van der Waals surface area contributed by atoms with Gasteiger partial charge in [0.2, 0.25) is 5.69 Å². The van der Waals surface area contributed by atoms with Gasteiger partial charge in [-0.1, -0.05) is 41.9 Å². The standard InChI is InChI=1S/C19H15ClN4/c1-13-16-18(20)21-12-22-19(16)23-17(13)15-9-5-6-10-24(15)11-14-7-3-2-4-8-14/h2-10,12H,11H2,1H3/p+1. The highest BCUT2D eigenvalue weighted by atomic mass is 35.5. The number of halogens is 1. The first-order valence-corrected chi connectivity index (χ1v) is 8.13. The molecule has 0 atom stereocenters. The Bertz CT molecular complexity index is 1010. The van der Waals surface area contributed by atoms with Crippen LogP contribution >= 0.6 is 11.6 Å². The lowest BCUT2D eigenvalue weighted by Gasteiger charge is -2.04. The maximum Gasteiger partial charge on any atom is 0.229 e. The van der Waals surface area contributed by atoms with Gasteiger partial charge < -0.3 is 4.98 Å². The summed E-state index contributed by atoms with van der Waals surface area (Å²) in [5.41, 5.74) is 5.18. The summed E-state index contributed by atoms with van der Waals surface area (Å²) >= 11 is 6.25. The number of aryl methyl sites for hydroxylation is 1. The van der Waals surface area contributed by atoms with Gasteiger partial charge in [0.1, 0.15) is 22.8 Å². The average Bonchev–Trinajstić information content (AvgIpc) is 2.94. The molecule has 0 fully saturated rings. The quantitative estimate of drug-likeness (QED) is 0.455. The minimum atomic E-state index is 0.477. The molecule has 118 valence electrons. The normalized spacial score (nSPS) is 11.1. The van der Waals surface area contributed by atoms with E-state index in [2.05, 4.69) is 56.0 Å². The van der Waals surface area contributed by atoms with Crippen molar-refractivity contribution in [2.45, 2.75) is 13.5 Å². The molecule has 0 aliphatic carbocycles. The number of aromatic amines is 1. The van der Waals surface area contributed by atoms with Crippen LogP contribution in [0.5, 0.6) is 0 Å². The number of hydrogen-bond acceptors (Lipinski definition) is 2. The van der Waals surface area contributed by atoms with Crippen molar-refractivity contribution in [1.82, 2.24) is 15.0 Å². The molecule has 0 radical (unpaired) electrons. The van der Waals surface area contributed by atoms with E-state index in [4.69, 9.17) is 11.6 Å². The third kappa shape index (κ3) is 2.55. The Morgan fingerprint density at radius 1 is 1.04 bits per heavy atom. The zero-order valence-corrected chi connectivity index (χ0v) is 14.0. The highest BCUT2D eigenvalue weighted by molar-refractivity contribution is 6.34. The first kappa shape index (κ1) is 14.8. The maximum atomic E-state index is 6.25. The van der Waals surface area contributed by atoms with E-state index in [0.717, 1.165) is 34.5 Å². The maximum absolute atomic E-state index is 6.25. The Kier molecular flexibility index (Phi) is 3.75. The van der Waals surface area contributed by atoms with Gasteiger partial charge in [-0.3, -0.25) is 0 Å². The van der Waals surface area contributed by atoms with Gasteiger partial charge in [0, 0.05) is 17.7 Å². The lowest BCUT2D eigenvalue weighted by molar-refractivity contribution is -0.677. The zero-order valence-electron chi connectivity index (χ0n) is 13.2. The van der Waals surface area contributed by atoms with E-state index >= 15 is 0 Å². The van der Waals surface area contributed by atoms with Crippen molar-refractivity contribution in [3.63, 3.8) is 0 Å². The van der Waals surface area contributed by atoms with Crippen molar-refractivity contribution in [3.05, 3.63) is 77.3 Å². The molecule has 5 heteroatoms. The molecule has 3 heterocycles. The number of fused-ring (bicyclic) bond motifs is 1. The SMILES string of the molecule is Cc1c(-c2cccc[n+]2Cc2ccccc2)[nH]c2ncnc(Cl)c12. The lowest BCUT2D eigenvalue weighted by atomic mass is 10.1. The van der Waals surface area contributed by atoms with Gasteiger partial charge >= 0.3 is 0 Å². The van der Waals surface area contributed by atoms with Crippen molar-refractivity contribution in [3.8, 4) is 11.4 Å². The van der Waals surface area contributed by atoms with Gasteiger partial charge in [-0.15, -0.1) is 0 Å². The Labute approximate surface area is 144 Å². The van der Waals surface area contributed by atoms with E-state index in [9.17, 15) is 0 Å². The predicted octanol–water partition coefficient (Wildman–Crippen LogP) is 3.92. The van der Waals surface area contributed by atoms with Gasteiger partial charge in [-0.2, -0.15) is 4.57 Å². The largest absolute Gasteiger partial charge is 0.334 e. The predicted molar refractivity (Wildman–Crippen MR) is 94.8 cm³/mol. The first-order chi connectivity index (χ1) is 11.7. The van der Waals surface area contributed by atoms with Crippen molar-refractivity contribution >= 4 is 22.6 Å². The molecule has 0 unspecified atom stereocenters. The molecule has 0 bridgehead atoms. The number of rotatable bonds is 3. The highest BCUT2D eigenvalue weighted by Gasteiger charge is 2.20. The summed E-state index contributed by atoms with van der Waals surface area (Å²) < 4.78 is 2.22. The number of nitrogens with zero attached hydrogens (tertiary/aromatic N) is 3. The number of aromatic nitrogens is 4. The Morgan fingerprint density at radius 3 is 2.62 bits per heavy atom. The fourth-order valence-electron chi connectivity index (χ4n) is 3.01. The lowest BCUT2D eigenvalue weighted by Crippen LogP contribution is -2.36. The van der Waals surface area contributed by atoms with E-state index < -0.39 is 0 Å². The third-order valence-corrected chi connectivity index (χ3v) is 4.47. The van der Waals surface area contributed by atoms with Crippen LogP contribution in [-0.2, 0) is 6.54 Å². The molecule has 0 saturated heterocycles. The second-order valence-electron chi connectivity index (χ2n) is 5.71. The highest BCUT2D eigenvalue weighted by Crippen LogP contribution is 2.30. The zero-order chi connectivity index (χ0) is 16.5. The summed E-state index contributed by atoms with van der Waals surface area (Å²) in [5, 5.41) is 1.36. The molecule has 0 spiro atoms. The van der Waals surface area contributed by atoms with Crippen LogP contribution < -0.4 is 4.57 Å². The van der Waals surface area contributed by atoms with Crippen LogP contribution in [0.25, 0.3) is 22.4 Å². The summed E-state index contributed by atoms with van der Waals surface area (Å²) in [6.45, 7) is 2.84. The number of hydrogen-bond donors (Lipinski definition) is 1. The first-order valence-electron chi connectivity index (χ1n) is 7.75. The fourth-order valence-corrected chi connectivity index (χ4v) is 3.28. The van der Waals surface area contributed by atoms with Gasteiger partial charge in [-0.05, 0) is 18.6 Å². The molecule has 4 nitrogen and oxygen atoms in total. The molecule has 0 aliphatic heterocycles.